The van der Waals surface area contributed by atoms with Crippen molar-refractivity contribution >= 4 is 5.97 Å². The van der Waals surface area contributed by atoms with Crippen molar-refractivity contribution in [2.75, 3.05) is 7.11 Å². The standard InChI is InChI=1S/C14H18O3/c1-9-7-10(2)11-5-4-6-14(16,12(11)8-9)13(15)17-3/h7-8,16H,4-6H2,1-3H3. The average Bonchev–Trinajstić information content (AvgIpc) is 2.29. The van der Waals surface area contributed by atoms with Crippen molar-refractivity contribution in [2.24, 2.45) is 0 Å². The van der Waals surface area contributed by atoms with Crippen molar-refractivity contribution in [3.8, 4) is 0 Å². The number of methoxy groups -OCH3 is 1. The van der Waals surface area contributed by atoms with Gasteiger partial charge in [-0.25, -0.2) is 4.79 Å². The van der Waals surface area contributed by atoms with Crippen LogP contribution in [-0.2, 0) is 21.6 Å². The minimum atomic E-state index is -1.46. The highest BCUT2D eigenvalue weighted by Gasteiger charge is 2.43. The number of benzene rings is 1. The zero-order chi connectivity index (χ0) is 12.6. The Morgan fingerprint density at radius 2 is 2.12 bits per heavy atom. The summed E-state index contributed by atoms with van der Waals surface area (Å²) in [6.45, 7) is 3.99. The van der Waals surface area contributed by atoms with Crippen LogP contribution in [0.5, 0.6) is 0 Å². The molecule has 1 atom stereocenters. The molecule has 1 N–H and O–H groups in total. The van der Waals surface area contributed by atoms with Gasteiger partial charge in [0.1, 0.15) is 0 Å². The molecule has 1 aromatic rings. The Kier molecular flexibility index (Phi) is 2.96. The van der Waals surface area contributed by atoms with E-state index in [1.54, 1.807) is 0 Å². The quantitative estimate of drug-likeness (QED) is 0.756. The Morgan fingerprint density at radius 1 is 1.41 bits per heavy atom. The molecule has 1 unspecified atom stereocenters. The molecule has 1 aliphatic carbocycles. The van der Waals surface area contributed by atoms with Gasteiger partial charge in [-0.05, 0) is 49.8 Å². The van der Waals surface area contributed by atoms with Gasteiger partial charge >= 0.3 is 5.97 Å². The van der Waals surface area contributed by atoms with Crippen LogP contribution in [0.4, 0.5) is 0 Å². The second kappa shape index (κ2) is 4.15. The smallest absolute Gasteiger partial charge is 0.342 e. The van der Waals surface area contributed by atoms with Crippen LogP contribution < -0.4 is 0 Å². The molecule has 1 aliphatic rings. The number of carbonyl (C=O) groups excluding carboxylic acids is 1. The summed E-state index contributed by atoms with van der Waals surface area (Å²) in [7, 11) is 1.32. The molecule has 0 aliphatic heterocycles. The average molecular weight is 234 g/mol. The van der Waals surface area contributed by atoms with Gasteiger partial charge in [0.15, 0.2) is 5.60 Å². The first kappa shape index (κ1) is 12.1. The molecule has 0 aromatic heterocycles. The van der Waals surface area contributed by atoms with Gasteiger partial charge in [0.25, 0.3) is 0 Å². The zero-order valence-corrected chi connectivity index (χ0v) is 10.5. The molecule has 0 heterocycles. The number of rotatable bonds is 1. The lowest BCUT2D eigenvalue weighted by atomic mass is 9.77. The van der Waals surface area contributed by atoms with Gasteiger partial charge in [-0.1, -0.05) is 17.7 Å². The maximum atomic E-state index is 11.8. The topological polar surface area (TPSA) is 46.5 Å². The van der Waals surface area contributed by atoms with E-state index in [4.69, 9.17) is 4.74 Å². The van der Waals surface area contributed by atoms with Crippen molar-refractivity contribution in [3.05, 3.63) is 34.4 Å². The molecule has 0 fully saturated rings. The molecular weight excluding hydrogens is 216 g/mol. The predicted octanol–water partition coefficient (Wildman–Crippen LogP) is 2.00. The lowest BCUT2D eigenvalue weighted by Crippen LogP contribution is -2.40. The second-order valence-electron chi connectivity index (χ2n) is 4.81. The summed E-state index contributed by atoms with van der Waals surface area (Å²) in [6.07, 6.45) is 2.17. The molecule has 0 spiro atoms. The molecule has 2 rings (SSSR count). The largest absolute Gasteiger partial charge is 0.467 e. The molecule has 17 heavy (non-hydrogen) atoms. The number of hydrogen-bond acceptors (Lipinski definition) is 3. The van der Waals surface area contributed by atoms with Gasteiger partial charge in [-0.2, -0.15) is 0 Å². The molecule has 3 nitrogen and oxygen atoms in total. The first-order chi connectivity index (χ1) is 7.99. The molecule has 1 aromatic carbocycles. The molecule has 0 saturated carbocycles. The fourth-order valence-corrected chi connectivity index (χ4v) is 2.73. The van der Waals surface area contributed by atoms with E-state index < -0.39 is 11.6 Å². The van der Waals surface area contributed by atoms with Crippen molar-refractivity contribution in [1.82, 2.24) is 0 Å². The van der Waals surface area contributed by atoms with Gasteiger partial charge < -0.3 is 9.84 Å². The Labute approximate surface area is 101 Å². The van der Waals surface area contributed by atoms with Gasteiger partial charge in [-0.15, -0.1) is 0 Å². The van der Waals surface area contributed by atoms with Crippen LogP contribution in [0.15, 0.2) is 12.1 Å². The maximum Gasteiger partial charge on any atom is 0.342 e. The highest BCUT2D eigenvalue weighted by atomic mass is 16.5. The normalized spacial score (nSPS) is 23.1. The molecule has 3 heteroatoms. The summed E-state index contributed by atoms with van der Waals surface area (Å²) in [5, 5.41) is 10.6. The molecule has 0 saturated heterocycles. The van der Waals surface area contributed by atoms with Crippen LogP contribution in [-0.4, -0.2) is 18.2 Å². The van der Waals surface area contributed by atoms with E-state index in [-0.39, 0.29) is 0 Å². The molecule has 0 radical (unpaired) electrons. The van der Waals surface area contributed by atoms with Crippen molar-refractivity contribution < 1.29 is 14.6 Å². The second-order valence-corrected chi connectivity index (χ2v) is 4.81. The van der Waals surface area contributed by atoms with E-state index in [0.29, 0.717) is 6.42 Å². The summed E-state index contributed by atoms with van der Waals surface area (Å²) < 4.78 is 4.74. The lowest BCUT2D eigenvalue weighted by Gasteiger charge is -2.33. The summed E-state index contributed by atoms with van der Waals surface area (Å²) in [6, 6.07) is 3.99. The number of aliphatic hydroxyl groups is 1. The third kappa shape index (κ3) is 1.84. The van der Waals surface area contributed by atoms with Gasteiger partial charge in [0.05, 0.1) is 7.11 Å². The molecule has 92 valence electrons. The number of aryl methyl sites for hydroxylation is 2. The molecule has 0 amide bonds. The van der Waals surface area contributed by atoms with E-state index >= 15 is 0 Å². The van der Waals surface area contributed by atoms with E-state index in [9.17, 15) is 9.90 Å². The minimum Gasteiger partial charge on any atom is -0.467 e. The number of fused-ring (bicyclic) bond motifs is 1. The van der Waals surface area contributed by atoms with Gasteiger partial charge in [0, 0.05) is 0 Å². The highest BCUT2D eigenvalue weighted by Crippen LogP contribution is 2.38. The maximum absolute atomic E-state index is 11.8. The molecule has 0 bridgehead atoms. The Morgan fingerprint density at radius 3 is 2.76 bits per heavy atom. The van der Waals surface area contributed by atoms with E-state index in [1.165, 1.54) is 7.11 Å². The van der Waals surface area contributed by atoms with Crippen molar-refractivity contribution in [1.29, 1.82) is 0 Å². The van der Waals surface area contributed by atoms with Crippen LogP contribution in [0, 0.1) is 13.8 Å². The summed E-state index contributed by atoms with van der Waals surface area (Å²) >= 11 is 0. The lowest BCUT2D eigenvalue weighted by molar-refractivity contribution is -0.165. The Balaban J connectivity index is 2.61. The van der Waals surface area contributed by atoms with Gasteiger partial charge in [-0.3, -0.25) is 0 Å². The summed E-state index contributed by atoms with van der Waals surface area (Å²) in [5.41, 5.74) is 2.56. The van der Waals surface area contributed by atoms with Crippen LogP contribution in [0.25, 0.3) is 0 Å². The number of esters is 1. The number of ether oxygens (including phenoxy) is 1. The monoisotopic (exact) mass is 234 g/mol. The Hall–Kier alpha value is -1.35. The van der Waals surface area contributed by atoms with Crippen LogP contribution >= 0.6 is 0 Å². The first-order valence-corrected chi connectivity index (χ1v) is 5.90. The Bertz CT molecular complexity index is 465. The van der Waals surface area contributed by atoms with E-state index in [0.717, 1.165) is 35.1 Å². The van der Waals surface area contributed by atoms with Crippen molar-refractivity contribution in [3.63, 3.8) is 0 Å². The van der Waals surface area contributed by atoms with Crippen LogP contribution in [0.3, 0.4) is 0 Å². The number of carbonyl (C=O) groups is 1. The zero-order valence-electron chi connectivity index (χ0n) is 10.5. The SMILES string of the molecule is COC(=O)C1(O)CCCc2c(C)cc(C)cc21. The molecular formula is C14H18O3. The number of hydrogen-bond donors (Lipinski definition) is 1. The highest BCUT2D eigenvalue weighted by molar-refractivity contribution is 5.82. The predicted molar refractivity (Wildman–Crippen MR) is 64.8 cm³/mol. The van der Waals surface area contributed by atoms with E-state index in [1.807, 2.05) is 19.9 Å². The third-order valence-corrected chi connectivity index (χ3v) is 3.55. The van der Waals surface area contributed by atoms with Crippen LogP contribution in [0.1, 0.15) is 35.1 Å². The van der Waals surface area contributed by atoms with Crippen LogP contribution in [0.2, 0.25) is 0 Å². The van der Waals surface area contributed by atoms with Gasteiger partial charge in [0.2, 0.25) is 0 Å². The van der Waals surface area contributed by atoms with E-state index in [2.05, 4.69) is 6.07 Å². The third-order valence-electron chi connectivity index (χ3n) is 3.55. The fourth-order valence-electron chi connectivity index (χ4n) is 2.73. The first-order valence-electron chi connectivity index (χ1n) is 5.90. The fraction of sp³-hybridized carbons (Fsp3) is 0.500. The summed E-state index contributed by atoms with van der Waals surface area (Å²) in [4.78, 5) is 11.8. The van der Waals surface area contributed by atoms with Crippen molar-refractivity contribution in [2.45, 2.75) is 38.7 Å². The summed E-state index contributed by atoms with van der Waals surface area (Å²) in [5.74, 6) is -0.552. The minimum absolute atomic E-state index is 0.440.